The van der Waals surface area contributed by atoms with Crippen molar-refractivity contribution < 1.29 is 23.9 Å². The Morgan fingerprint density at radius 1 is 0.822 bits per heavy atom. The second-order valence-electron chi connectivity index (χ2n) is 17.8. The molecular formula is C52H51N15O5S. The molecule has 3 unspecified atom stereocenters. The zero-order chi connectivity index (χ0) is 50.8. The molecule has 0 spiro atoms. The van der Waals surface area contributed by atoms with Crippen LogP contribution in [0, 0.1) is 5.92 Å². The van der Waals surface area contributed by atoms with Gasteiger partial charge in [0.25, 0.3) is 11.8 Å². The number of amides is 4. The maximum Gasteiger partial charge on any atom is 0.260 e. The summed E-state index contributed by atoms with van der Waals surface area (Å²) in [5.41, 5.74) is 17.4. The number of likely N-dealkylation sites (N-methyl/N-ethyl adjacent to an activating group) is 1. The van der Waals surface area contributed by atoms with Crippen LogP contribution >= 0.6 is 11.3 Å². The summed E-state index contributed by atoms with van der Waals surface area (Å²) < 4.78 is 9.47. The number of benzene rings is 2. The van der Waals surface area contributed by atoms with Crippen molar-refractivity contribution in [2.45, 2.75) is 31.3 Å². The fourth-order valence-electron chi connectivity index (χ4n) is 9.83. The Labute approximate surface area is 423 Å². The molecule has 8 aromatic rings. The molecule has 0 saturated carbocycles. The summed E-state index contributed by atoms with van der Waals surface area (Å²) in [6, 6.07) is 16.8. The summed E-state index contributed by atoms with van der Waals surface area (Å²) in [4.78, 5) is 86.7. The maximum atomic E-state index is 14.0. The number of pyridine rings is 1. The SMILES string of the molecule is C=CC(=O)N1CC(CN(C)CC=CC(=O)N2CCCC2c2nc(-c3ccc(C(=O)Nc4nccs4)cc3)c3c(N)nccn23)CC1c1nc(-c2ccc(C(=O)Nc3ccccn3)c(OC)c2)c2c(N)nccn12. The van der Waals surface area contributed by atoms with E-state index in [1.54, 1.807) is 95.9 Å². The summed E-state index contributed by atoms with van der Waals surface area (Å²) in [6.07, 6.45) is 16.9. The Kier molecular flexibility index (Phi) is 13.4. The number of ether oxygens (including phenoxy) is 1. The maximum absolute atomic E-state index is 14.0. The minimum absolute atomic E-state index is 0.0414. The quantitative estimate of drug-likeness (QED) is 0.0795. The van der Waals surface area contributed by atoms with E-state index in [9.17, 15) is 19.2 Å². The number of imidazole rings is 2. The Balaban J connectivity index is 0.828. The molecule has 20 nitrogen and oxygen atoms in total. The lowest BCUT2D eigenvalue weighted by Crippen LogP contribution is -2.32. The van der Waals surface area contributed by atoms with Gasteiger partial charge in [-0.15, -0.1) is 11.3 Å². The highest BCUT2D eigenvalue weighted by Crippen LogP contribution is 2.41. The first kappa shape index (κ1) is 47.8. The highest BCUT2D eigenvalue weighted by atomic mass is 32.1. The van der Waals surface area contributed by atoms with Crippen LogP contribution in [0.5, 0.6) is 5.75 Å². The first-order chi connectivity index (χ1) is 35.5. The predicted octanol–water partition coefficient (Wildman–Crippen LogP) is 6.56. The number of nitrogens with one attached hydrogen (secondary N) is 2. The number of nitrogens with two attached hydrogens (primary N) is 2. The van der Waals surface area contributed by atoms with E-state index < -0.39 is 11.9 Å². The van der Waals surface area contributed by atoms with E-state index in [2.05, 4.69) is 42.0 Å². The fraction of sp³-hybridized carbons (Fsp3) is 0.231. The van der Waals surface area contributed by atoms with Crippen LogP contribution in [0.25, 0.3) is 33.5 Å². The highest BCUT2D eigenvalue weighted by Gasteiger charge is 2.39. The topological polar surface area (TPSA) is 249 Å². The molecule has 2 aliphatic heterocycles. The molecule has 370 valence electrons. The van der Waals surface area contributed by atoms with Crippen molar-refractivity contribution in [2.24, 2.45) is 5.92 Å². The molecule has 2 fully saturated rings. The van der Waals surface area contributed by atoms with E-state index in [1.165, 1.54) is 24.5 Å². The van der Waals surface area contributed by atoms with Crippen molar-refractivity contribution in [3.8, 4) is 28.3 Å². The number of hydrogen-bond acceptors (Lipinski definition) is 15. The first-order valence-corrected chi connectivity index (χ1v) is 24.4. The number of aromatic nitrogens is 8. The molecule has 3 atom stereocenters. The van der Waals surface area contributed by atoms with E-state index in [4.69, 9.17) is 26.2 Å². The molecule has 4 amide bonds. The number of thiazole rings is 1. The van der Waals surface area contributed by atoms with Gasteiger partial charge in [-0.2, -0.15) is 0 Å². The van der Waals surface area contributed by atoms with E-state index >= 15 is 0 Å². The largest absolute Gasteiger partial charge is 0.496 e. The molecule has 2 saturated heterocycles. The molecule has 10 rings (SSSR count). The van der Waals surface area contributed by atoms with Crippen molar-refractivity contribution in [3.05, 3.63) is 151 Å². The van der Waals surface area contributed by atoms with Gasteiger partial charge in [0.2, 0.25) is 11.8 Å². The first-order valence-electron chi connectivity index (χ1n) is 23.5. The molecule has 0 bridgehead atoms. The Morgan fingerprint density at radius 2 is 1.53 bits per heavy atom. The molecule has 73 heavy (non-hydrogen) atoms. The van der Waals surface area contributed by atoms with Gasteiger partial charge < -0.3 is 36.2 Å². The van der Waals surface area contributed by atoms with Gasteiger partial charge in [0.15, 0.2) is 5.13 Å². The van der Waals surface area contributed by atoms with Crippen molar-refractivity contribution in [3.63, 3.8) is 0 Å². The molecule has 2 aliphatic rings. The number of likely N-dealkylation sites (tertiary alicyclic amines) is 2. The molecule has 21 heteroatoms. The third-order valence-electron chi connectivity index (χ3n) is 13.1. The highest BCUT2D eigenvalue weighted by molar-refractivity contribution is 7.13. The van der Waals surface area contributed by atoms with Gasteiger partial charge in [0.05, 0.1) is 24.8 Å². The summed E-state index contributed by atoms with van der Waals surface area (Å²) >= 11 is 1.34. The van der Waals surface area contributed by atoms with Gasteiger partial charge in [-0.05, 0) is 74.7 Å². The number of methoxy groups -OCH3 is 1. The number of hydrogen-bond donors (Lipinski definition) is 4. The number of rotatable bonds is 15. The molecule has 6 aromatic heterocycles. The van der Waals surface area contributed by atoms with Crippen LogP contribution in [0.1, 0.15) is 63.7 Å². The molecule has 0 radical (unpaired) electrons. The normalized spacial score (nSPS) is 16.7. The lowest BCUT2D eigenvalue weighted by Gasteiger charge is -2.23. The van der Waals surface area contributed by atoms with Crippen LogP contribution in [0.4, 0.5) is 22.6 Å². The standard InChI is InChI=1S/C52H51N15O5S/c1-4-40(68)67-30-31(27-37(67)49-61-43(45-47(54)57-20-25-66(45)49)34-16-17-35(38(28-34)72-3)51(71)59-39-10-5-6-18-55-39)29-63(2)22-8-11-41(69)64-23-7-9-36(64)48-60-42(44-46(53)56-19-24-65(44)48)32-12-14-33(15-13-32)50(70)62-52-58-21-26-73-52/h4-6,8,10-21,24-26,28,31,36-37H,1,7,9,22-23,27,29-30H2,2-3H3,(H2,53,56)(H2,54,57)(H,55,59,71)(H,58,62,70). The van der Waals surface area contributed by atoms with E-state index in [-0.39, 0.29) is 35.5 Å². The van der Waals surface area contributed by atoms with E-state index in [0.717, 1.165) is 12.0 Å². The minimum Gasteiger partial charge on any atom is -0.496 e. The van der Waals surface area contributed by atoms with Crippen LogP contribution in [-0.4, -0.2) is 117 Å². The average Bonchev–Trinajstić information content (AvgIpc) is 4.27. The number of carbonyl (C=O) groups is 4. The number of nitrogens with zero attached hydrogens (tertiary/aromatic N) is 11. The van der Waals surface area contributed by atoms with Crippen molar-refractivity contribution >= 4 is 68.6 Å². The predicted molar refractivity (Wildman–Crippen MR) is 278 cm³/mol. The molecule has 8 heterocycles. The number of anilines is 4. The fourth-order valence-corrected chi connectivity index (χ4v) is 10.4. The van der Waals surface area contributed by atoms with Gasteiger partial charge in [0, 0.05) is 91.5 Å². The molecule has 0 aliphatic carbocycles. The minimum atomic E-state index is -0.438. The van der Waals surface area contributed by atoms with Gasteiger partial charge >= 0.3 is 0 Å². The third-order valence-corrected chi connectivity index (χ3v) is 13.8. The van der Waals surface area contributed by atoms with E-state index in [0.29, 0.717) is 112 Å². The molecule has 6 N–H and O–H groups in total. The van der Waals surface area contributed by atoms with Gasteiger partial charge in [0.1, 0.15) is 57.3 Å². The van der Waals surface area contributed by atoms with Gasteiger partial charge in [-0.25, -0.2) is 29.9 Å². The number of nitrogen functional groups attached to an aromatic ring is 2. The second-order valence-corrected chi connectivity index (χ2v) is 18.7. The lowest BCUT2D eigenvalue weighted by molar-refractivity contribution is -0.127. The Morgan fingerprint density at radius 3 is 2.21 bits per heavy atom. The van der Waals surface area contributed by atoms with Crippen molar-refractivity contribution in [2.75, 3.05) is 62.4 Å². The van der Waals surface area contributed by atoms with Crippen molar-refractivity contribution in [1.82, 2.24) is 53.4 Å². The summed E-state index contributed by atoms with van der Waals surface area (Å²) in [5.74, 6) is 1.55. The van der Waals surface area contributed by atoms with Gasteiger partial charge in [-0.3, -0.25) is 33.3 Å². The zero-order valence-electron chi connectivity index (χ0n) is 40.0. The zero-order valence-corrected chi connectivity index (χ0v) is 40.8. The number of carbonyl (C=O) groups excluding carboxylic acids is 4. The smallest absolute Gasteiger partial charge is 0.260 e. The van der Waals surface area contributed by atoms with Crippen molar-refractivity contribution in [1.29, 1.82) is 0 Å². The second kappa shape index (κ2) is 20.5. The van der Waals surface area contributed by atoms with E-state index in [1.807, 2.05) is 45.2 Å². The third kappa shape index (κ3) is 9.57. The lowest BCUT2D eigenvalue weighted by atomic mass is 10.0. The van der Waals surface area contributed by atoms with Crippen LogP contribution in [0.2, 0.25) is 0 Å². The van der Waals surface area contributed by atoms with Crippen LogP contribution in [-0.2, 0) is 9.59 Å². The van der Waals surface area contributed by atoms with Crippen LogP contribution in [0.15, 0.2) is 128 Å². The summed E-state index contributed by atoms with van der Waals surface area (Å²) in [6.45, 7) is 5.91. The summed E-state index contributed by atoms with van der Waals surface area (Å²) in [7, 11) is 3.48. The summed E-state index contributed by atoms with van der Waals surface area (Å²) in [5, 5.41) is 7.90. The Bertz CT molecular complexity index is 3410. The Hall–Kier alpha value is -8.82. The van der Waals surface area contributed by atoms with Crippen LogP contribution < -0.4 is 26.8 Å². The average molecular weight is 998 g/mol. The van der Waals surface area contributed by atoms with Crippen LogP contribution in [0.3, 0.4) is 0 Å². The molecule has 2 aromatic carbocycles. The van der Waals surface area contributed by atoms with Gasteiger partial charge in [-0.1, -0.05) is 36.9 Å². The number of fused-ring (bicyclic) bond motifs is 2. The monoisotopic (exact) mass is 997 g/mol. The molecular weight excluding hydrogens is 947 g/mol.